The molecule has 2 amide bonds. The molecule has 0 bridgehead atoms. The van der Waals surface area contributed by atoms with Gasteiger partial charge in [0.2, 0.25) is 11.8 Å². The number of amides is 2. The van der Waals surface area contributed by atoms with E-state index in [-0.39, 0.29) is 17.6 Å². The molecule has 0 saturated carbocycles. The Morgan fingerprint density at radius 2 is 1.84 bits per heavy atom. The second kappa shape index (κ2) is 12.6. The van der Waals surface area contributed by atoms with Crippen LogP contribution in [0.4, 0.5) is 5.69 Å². The summed E-state index contributed by atoms with van der Waals surface area (Å²) in [5, 5.41) is 37.0. The molecule has 0 fully saturated rings. The molecule has 0 aromatic heterocycles. The summed E-state index contributed by atoms with van der Waals surface area (Å²) in [5.74, 6) is -0.630. The molecule has 0 aliphatic carbocycles. The number of hydrogen-bond donors (Lipinski definition) is 5. The van der Waals surface area contributed by atoms with Crippen molar-refractivity contribution in [3.8, 4) is 11.5 Å². The van der Waals surface area contributed by atoms with Gasteiger partial charge < -0.3 is 30.7 Å². The predicted molar refractivity (Wildman–Crippen MR) is 145 cm³/mol. The number of thioether (sulfide) groups is 1. The lowest BCUT2D eigenvalue weighted by molar-refractivity contribution is -0.137. The van der Waals surface area contributed by atoms with Crippen molar-refractivity contribution in [3.05, 3.63) is 60.7 Å². The first-order valence-corrected chi connectivity index (χ1v) is 13.3. The molecule has 5 N–H and O–H groups in total. The molecular formula is C28H36N2O6S. The van der Waals surface area contributed by atoms with Crippen LogP contribution in [0.3, 0.4) is 0 Å². The lowest BCUT2D eigenvalue weighted by atomic mass is 9.90. The highest BCUT2D eigenvalue weighted by atomic mass is 32.2. The zero-order valence-corrected chi connectivity index (χ0v) is 22.4. The lowest BCUT2D eigenvalue weighted by Gasteiger charge is -2.28. The van der Waals surface area contributed by atoms with Crippen LogP contribution in [0.2, 0.25) is 0 Å². The number of anilines is 1. The van der Waals surface area contributed by atoms with Crippen LogP contribution in [0, 0.1) is 11.3 Å². The third-order valence-electron chi connectivity index (χ3n) is 5.93. The van der Waals surface area contributed by atoms with E-state index in [9.17, 15) is 24.9 Å². The Balaban J connectivity index is 1.69. The van der Waals surface area contributed by atoms with E-state index in [4.69, 9.17) is 4.74 Å². The fourth-order valence-corrected chi connectivity index (χ4v) is 4.87. The Bertz CT molecular complexity index is 1100. The van der Waals surface area contributed by atoms with Crippen molar-refractivity contribution in [2.45, 2.75) is 63.4 Å². The zero-order chi connectivity index (χ0) is 27.2. The number of allylic oxidation sites excluding steroid dienone is 1. The van der Waals surface area contributed by atoms with E-state index >= 15 is 0 Å². The number of para-hydroxylation sites is 2. The van der Waals surface area contributed by atoms with Gasteiger partial charge in [-0.1, -0.05) is 64.1 Å². The highest BCUT2D eigenvalue weighted by Gasteiger charge is 2.36. The number of aliphatic hydroxyl groups excluding tert-OH is 3. The largest absolute Gasteiger partial charge is 0.455 e. The fraction of sp³-hybridized carbons (Fsp3) is 0.429. The number of aliphatic hydroxyl groups is 3. The third-order valence-corrected chi connectivity index (χ3v) is 7.08. The van der Waals surface area contributed by atoms with E-state index in [1.807, 2.05) is 63.2 Å². The summed E-state index contributed by atoms with van der Waals surface area (Å²) in [6, 6.07) is 13.8. The van der Waals surface area contributed by atoms with E-state index in [2.05, 4.69) is 10.6 Å². The van der Waals surface area contributed by atoms with Crippen LogP contribution in [0.5, 0.6) is 11.5 Å². The van der Waals surface area contributed by atoms with Crippen molar-refractivity contribution in [3.63, 3.8) is 0 Å². The van der Waals surface area contributed by atoms with Gasteiger partial charge in [-0.2, -0.15) is 0 Å². The van der Waals surface area contributed by atoms with Gasteiger partial charge in [-0.15, -0.1) is 11.8 Å². The predicted octanol–water partition coefficient (Wildman–Crippen LogP) is 3.72. The van der Waals surface area contributed by atoms with Gasteiger partial charge in [0.15, 0.2) is 5.75 Å². The number of carbonyl (C=O) groups excluding carboxylic acids is 2. The molecule has 1 heterocycles. The number of hydrogen-bond acceptors (Lipinski definition) is 7. The lowest BCUT2D eigenvalue weighted by Crippen LogP contribution is -2.52. The van der Waals surface area contributed by atoms with Crippen molar-refractivity contribution >= 4 is 29.3 Å². The number of benzene rings is 2. The van der Waals surface area contributed by atoms with Crippen LogP contribution in [0.25, 0.3) is 0 Å². The number of ether oxygens (including phenoxy) is 1. The number of fused-ring (bicyclic) bond motifs is 1. The van der Waals surface area contributed by atoms with E-state index in [0.29, 0.717) is 17.2 Å². The molecule has 1 aliphatic rings. The summed E-state index contributed by atoms with van der Waals surface area (Å²) in [6.45, 7) is 7.51. The van der Waals surface area contributed by atoms with Gasteiger partial charge in [-0.05, 0) is 36.1 Å². The van der Waals surface area contributed by atoms with Crippen LogP contribution in [0.1, 0.15) is 34.1 Å². The van der Waals surface area contributed by atoms with Crippen molar-refractivity contribution in [2.75, 3.05) is 11.1 Å². The molecule has 200 valence electrons. The minimum absolute atomic E-state index is 0.205. The second-order valence-corrected chi connectivity index (χ2v) is 11.2. The Hall–Kier alpha value is -2.85. The summed E-state index contributed by atoms with van der Waals surface area (Å²) in [7, 11) is 0. The average Bonchev–Trinajstić information content (AvgIpc) is 3.01. The molecule has 1 aliphatic heterocycles. The molecule has 0 unspecified atom stereocenters. The van der Waals surface area contributed by atoms with Crippen LogP contribution in [0.15, 0.2) is 65.6 Å². The van der Waals surface area contributed by atoms with Crippen LogP contribution in [-0.2, 0) is 9.59 Å². The van der Waals surface area contributed by atoms with Gasteiger partial charge in [0.1, 0.15) is 24.0 Å². The van der Waals surface area contributed by atoms with Gasteiger partial charge >= 0.3 is 0 Å². The normalized spacial score (nSPS) is 19.2. The van der Waals surface area contributed by atoms with Gasteiger partial charge in [-0.25, -0.2) is 0 Å². The molecule has 37 heavy (non-hydrogen) atoms. The Kier molecular flexibility index (Phi) is 9.78. The SMILES string of the molecule is CC[C@@H](C(=O)N[C@H]1CSc2cccc(Oc3ccccc3)c2NC1=O)[C@H](O)[C@@H](O)[C@H](O)/C=C/C(C)(C)C. The fourth-order valence-electron chi connectivity index (χ4n) is 3.82. The molecule has 2 aromatic carbocycles. The number of carbonyl (C=O) groups is 2. The number of nitrogens with one attached hydrogen (secondary N) is 2. The first kappa shape index (κ1) is 28.7. The van der Waals surface area contributed by atoms with Crippen molar-refractivity contribution in [1.29, 1.82) is 0 Å². The summed E-state index contributed by atoms with van der Waals surface area (Å²) < 4.78 is 5.97. The standard InChI is InChI=1S/C28H36N2O6S/c1-5-18(24(32)25(33)20(31)14-15-28(2,3)4)26(34)29-19-16-37-22-13-9-12-21(23(22)30-27(19)35)36-17-10-7-6-8-11-17/h6-15,18-20,24-25,31-33H,5,16H2,1-4H3,(H,29,34)(H,30,35)/b15-14+/t18-,19+,20-,24+,25+/m1/s1. The first-order valence-electron chi connectivity index (χ1n) is 12.3. The average molecular weight is 529 g/mol. The van der Waals surface area contributed by atoms with Gasteiger partial charge in [0, 0.05) is 10.6 Å². The van der Waals surface area contributed by atoms with Crippen molar-refractivity contribution in [2.24, 2.45) is 11.3 Å². The smallest absolute Gasteiger partial charge is 0.247 e. The van der Waals surface area contributed by atoms with Crippen LogP contribution >= 0.6 is 11.8 Å². The summed E-state index contributed by atoms with van der Waals surface area (Å²) in [6.07, 6.45) is -1.07. The summed E-state index contributed by atoms with van der Waals surface area (Å²) in [5.41, 5.74) is 0.302. The van der Waals surface area contributed by atoms with E-state index in [0.717, 1.165) is 4.90 Å². The zero-order valence-electron chi connectivity index (χ0n) is 21.5. The maximum Gasteiger partial charge on any atom is 0.247 e. The highest BCUT2D eigenvalue weighted by molar-refractivity contribution is 7.99. The molecular weight excluding hydrogens is 492 g/mol. The highest BCUT2D eigenvalue weighted by Crippen LogP contribution is 2.39. The topological polar surface area (TPSA) is 128 Å². The third kappa shape index (κ3) is 7.82. The molecule has 0 radical (unpaired) electrons. The van der Waals surface area contributed by atoms with Crippen molar-refractivity contribution in [1.82, 2.24) is 5.32 Å². The molecule has 0 saturated heterocycles. The van der Waals surface area contributed by atoms with E-state index in [1.54, 1.807) is 19.1 Å². The molecule has 0 spiro atoms. The van der Waals surface area contributed by atoms with Gasteiger partial charge in [-0.3, -0.25) is 9.59 Å². The Morgan fingerprint density at radius 1 is 1.14 bits per heavy atom. The van der Waals surface area contributed by atoms with Crippen LogP contribution < -0.4 is 15.4 Å². The summed E-state index contributed by atoms with van der Waals surface area (Å²) in [4.78, 5) is 26.9. The minimum atomic E-state index is -1.56. The molecule has 2 aromatic rings. The number of rotatable bonds is 9. The first-order chi connectivity index (χ1) is 17.5. The minimum Gasteiger partial charge on any atom is -0.455 e. The molecule has 5 atom stereocenters. The molecule has 3 rings (SSSR count). The Labute approximate surface area is 222 Å². The van der Waals surface area contributed by atoms with Crippen LogP contribution in [-0.4, -0.2) is 57.2 Å². The molecule has 8 nitrogen and oxygen atoms in total. The maximum atomic E-state index is 13.1. The van der Waals surface area contributed by atoms with Gasteiger partial charge in [0.05, 0.1) is 17.7 Å². The second-order valence-electron chi connectivity index (χ2n) is 10.1. The molecule has 9 heteroatoms. The monoisotopic (exact) mass is 528 g/mol. The van der Waals surface area contributed by atoms with Gasteiger partial charge in [0.25, 0.3) is 0 Å². The van der Waals surface area contributed by atoms with E-state index < -0.39 is 42.1 Å². The summed E-state index contributed by atoms with van der Waals surface area (Å²) >= 11 is 1.40. The van der Waals surface area contributed by atoms with E-state index in [1.165, 1.54) is 17.8 Å². The van der Waals surface area contributed by atoms with Crippen molar-refractivity contribution < 1.29 is 29.6 Å². The Morgan fingerprint density at radius 3 is 2.49 bits per heavy atom. The maximum absolute atomic E-state index is 13.1. The quantitative estimate of drug-likeness (QED) is 0.314.